The molecule has 0 aromatic carbocycles. The largest absolute Gasteiger partial charge is 0.410 e. The van der Waals surface area contributed by atoms with E-state index in [-0.39, 0.29) is 11.1 Å². The molecule has 0 radical (unpaired) electrons. The monoisotopic (exact) mass is 298 g/mol. The van der Waals surface area contributed by atoms with Crippen LogP contribution in [-0.2, 0) is 4.43 Å². The van der Waals surface area contributed by atoms with Gasteiger partial charge in [-0.1, -0.05) is 46.3 Å². The Balaban J connectivity index is 2.78. The van der Waals surface area contributed by atoms with Crippen LogP contribution in [0.4, 0.5) is 0 Å². The van der Waals surface area contributed by atoms with E-state index in [1.54, 1.807) is 0 Å². The highest BCUT2D eigenvalue weighted by atomic mass is 28.4. The molecular formula is C17H34O2Si. The van der Waals surface area contributed by atoms with Crippen LogP contribution >= 0.6 is 0 Å². The van der Waals surface area contributed by atoms with Crippen LogP contribution < -0.4 is 0 Å². The molecule has 0 aliphatic heterocycles. The van der Waals surface area contributed by atoms with Crippen molar-refractivity contribution in [3.63, 3.8) is 0 Å². The first-order chi connectivity index (χ1) is 9.23. The number of aliphatic hydroxyl groups excluding tert-OH is 1. The van der Waals surface area contributed by atoms with Crippen molar-refractivity contribution >= 4 is 8.32 Å². The molecule has 2 nitrogen and oxygen atoms in total. The summed E-state index contributed by atoms with van der Waals surface area (Å²) in [6.07, 6.45) is 9.39. The Hall–Kier alpha value is -0.123. The second kappa shape index (κ2) is 7.23. The molecule has 1 N–H and O–H groups in total. The molecule has 0 amide bonds. The predicted octanol–water partition coefficient (Wildman–Crippen LogP) is 4.75. The van der Waals surface area contributed by atoms with Gasteiger partial charge in [0, 0.05) is 6.61 Å². The smallest absolute Gasteiger partial charge is 0.192 e. The van der Waals surface area contributed by atoms with Crippen LogP contribution in [0.5, 0.6) is 0 Å². The number of hydrogen-bond acceptors (Lipinski definition) is 2. The van der Waals surface area contributed by atoms with Crippen LogP contribution in [0.2, 0.25) is 18.1 Å². The minimum absolute atomic E-state index is 0.202. The van der Waals surface area contributed by atoms with Crippen molar-refractivity contribution in [1.29, 1.82) is 0 Å². The van der Waals surface area contributed by atoms with E-state index in [0.29, 0.717) is 18.4 Å². The van der Waals surface area contributed by atoms with Crippen molar-refractivity contribution in [1.82, 2.24) is 0 Å². The number of unbranched alkanes of at least 4 members (excludes halogenated alkanes) is 1. The third-order valence-electron chi connectivity index (χ3n) is 5.15. The molecule has 1 rings (SSSR count). The molecule has 1 aliphatic rings. The third-order valence-corrected chi connectivity index (χ3v) is 9.62. The normalized spacial score (nSPS) is 25.8. The van der Waals surface area contributed by atoms with E-state index in [2.05, 4.69) is 52.9 Å². The predicted molar refractivity (Wildman–Crippen MR) is 89.4 cm³/mol. The molecule has 1 unspecified atom stereocenters. The van der Waals surface area contributed by atoms with Crippen molar-refractivity contribution < 1.29 is 9.53 Å². The number of hydrogen-bond donors (Lipinski definition) is 1. The Morgan fingerprint density at radius 2 is 1.95 bits per heavy atom. The van der Waals surface area contributed by atoms with Gasteiger partial charge in [0.05, 0.1) is 6.10 Å². The third kappa shape index (κ3) is 4.44. The van der Waals surface area contributed by atoms with Gasteiger partial charge in [0.1, 0.15) is 0 Å². The molecule has 0 heterocycles. The summed E-state index contributed by atoms with van der Waals surface area (Å²) < 4.78 is 6.63. The standard InChI is InChI=1S/C17H34O2Si/c1-7-8-9-10-16(15-12-11-14(15)13-18)19-20(5,6)17(2,3)4/h9-10,14-16,18H,7-8,11-13H2,1-6H3/b10-9+/t14-,15+,16?/m0/s1. The van der Waals surface area contributed by atoms with Crippen molar-refractivity contribution in [2.75, 3.05) is 6.61 Å². The second-order valence-electron chi connectivity index (χ2n) is 7.74. The molecule has 118 valence electrons. The minimum atomic E-state index is -1.75. The van der Waals surface area contributed by atoms with E-state index >= 15 is 0 Å². The van der Waals surface area contributed by atoms with E-state index < -0.39 is 8.32 Å². The van der Waals surface area contributed by atoms with Crippen molar-refractivity contribution in [3.05, 3.63) is 12.2 Å². The maximum absolute atomic E-state index is 9.47. The SMILES string of the molecule is CCC/C=C/C(O[Si](C)(C)C(C)(C)C)[C@@H]1CC[C@H]1CO. The van der Waals surface area contributed by atoms with E-state index in [1.807, 2.05) is 0 Å². The van der Waals surface area contributed by atoms with Gasteiger partial charge in [0.2, 0.25) is 0 Å². The summed E-state index contributed by atoms with van der Waals surface area (Å²) in [5.41, 5.74) is 0. The number of allylic oxidation sites excluding steroid dienone is 1. The van der Waals surface area contributed by atoms with E-state index in [9.17, 15) is 5.11 Å². The summed E-state index contributed by atoms with van der Waals surface area (Å²) in [5.74, 6) is 0.957. The molecule has 0 saturated heterocycles. The van der Waals surface area contributed by atoms with Crippen LogP contribution in [0.3, 0.4) is 0 Å². The Morgan fingerprint density at radius 3 is 2.35 bits per heavy atom. The van der Waals surface area contributed by atoms with Gasteiger partial charge >= 0.3 is 0 Å². The molecule has 1 fully saturated rings. The molecule has 20 heavy (non-hydrogen) atoms. The first kappa shape index (κ1) is 17.9. The lowest BCUT2D eigenvalue weighted by Crippen LogP contribution is -2.48. The Morgan fingerprint density at radius 1 is 1.30 bits per heavy atom. The Labute approximate surface area is 126 Å². The summed E-state index contributed by atoms with van der Waals surface area (Å²) in [4.78, 5) is 0. The molecule has 0 spiro atoms. The van der Waals surface area contributed by atoms with Gasteiger partial charge in [-0.15, -0.1) is 0 Å². The van der Waals surface area contributed by atoms with Crippen LogP contribution in [0.25, 0.3) is 0 Å². The summed E-state index contributed by atoms with van der Waals surface area (Å²) in [6, 6.07) is 0. The van der Waals surface area contributed by atoms with E-state index in [1.165, 1.54) is 12.8 Å². The lowest BCUT2D eigenvalue weighted by atomic mass is 9.71. The van der Waals surface area contributed by atoms with Crippen LogP contribution in [-0.4, -0.2) is 26.1 Å². The van der Waals surface area contributed by atoms with Gasteiger partial charge in [0.25, 0.3) is 0 Å². The average molecular weight is 299 g/mol. The highest BCUT2D eigenvalue weighted by Gasteiger charge is 2.43. The summed E-state index contributed by atoms with van der Waals surface area (Å²) in [6.45, 7) is 14.0. The van der Waals surface area contributed by atoms with Gasteiger partial charge < -0.3 is 9.53 Å². The first-order valence-corrected chi connectivity index (χ1v) is 11.1. The maximum atomic E-state index is 9.47. The van der Waals surface area contributed by atoms with Gasteiger partial charge in [-0.2, -0.15) is 0 Å². The number of aliphatic hydroxyl groups is 1. The van der Waals surface area contributed by atoms with E-state index in [0.717, 1.165) is 12.8 Å². The highest BCUT2D eigenvalue weighted by Crippen LogP contribution is 2.43. The second-order valence-corrected chi connectivity index (χ2v) is 12.5. The molecule has 3 atom stereocenters. The molecule has 3 heteroatoms. The molecule has 0 aromatic heterocycles. The Bertz CT molecular complexity index is 315. The van der Waals surface area contributed by atoms with Crippen LogP contribution in [0.1, 0.15) is 53.4 Å². The fourth-order valence-electron chi connectivity index (χ4n) is 2.44. The van der Waals surface area contributed by atoms with Gasteiger partial charge in [-0.25, -0.2) is 0 Å². The Kier molecular flexibility index (Phi) is 6.48. The molecule has 0 bridgehead atoms. The summed E-state index contributed by atoms with van der Waals surface area (Å²) in [7, 11) is -1.75. The molecule has 1 aliphatic carbocycles. The minimum Gasteiger partial charge on any atom is -0.410 e. The van der Waals surface area contributed by atoms with Gasteiger partial charge in [-0.3, -0.25) is 0 Å². The highest BCUT2D eigenvalue weighted by molar-refractivity contribution is 6.74. The molecular weight excluding hydrogens is 264 g/mol. The van der Waals surface area contributed by atoms with Crippen molar-refractivity contribution in [2.45, 2.75) is 77.6 Å². The quantitative estimate of drug-likeness (QED) is 0.543. The fourth-order valence-corrected chi connectivity index (χ4v) is 3.72. The van der Waals surface area contributed by atoms with Crippen LogP contribution in [0.15, 0.2) is 12.2 Å². The van der Waals surface area contributed by atoms with Crippen molar-refractivity contribution in [3.8, 4) is 0 Å². The topological polar surface area (TPSA) is 29.5 Å². The zero-order chi connectivity index (χ0) is 15.4. The van der Waals surface area contributed by atoms with Gasteiger partial charge in [-0.05, 0) is 49.2 Å². The van der Waals surface area contributed by atoms with E-state index in [4.69, 9.17) is 4.43 Å². The van der Waals surface area contributed by atoms with Crippen molar-refractivity contribution in [2.24, 2.45) is 11.8 Å². The average Bonchev–Trinajstić information content (AvgIpc) is 2.26. The fraction of sp³-hybridized carbons (Fsp3) is 0.882. The molecule has 1 saturated carbocycles. The summed E-state index contributed by atoms with van der Waals surface area (Å²) in [5, 5.41) is 9.71. The number of rotatable bonds is 7. The van der Waals surface area contributed by atoms with Gasteiger partial charge in [0.15, 0.2) is 8.32 Å². The zero-order valence-electron chi connectivity index (χ0n) is 14.3. The maximum Gasteiger partial charge on any atom is 0.192 e. The molecule has 0 aromatic rings. The first-order valence-electron chi connectivity index (χ1n) is 8.18. The zero-order valence-corrected chi connectivity index (χ0v) is 15.3. The van der Waals surface area contributed by atoms with Crippen LogP contribution in [0, 0.1) is 11.8 Å². The summed E-state index contributed by atoms with van der Waals surface area (Å²) >= 11 is 0. The lowest BCUT2D eigenvalue weighted by Gasteiger charge is -2.45. The lowest BCUT2D eigenvalue weighted by molar-refractivity contribution is 0.0167.